The van der Waals surface area contributed by atoms with Crippen LogP contribution in [0, 0.1) is 26.8 Å². The minimum Gasteiger partial charge on any atom is -0.512 e. The number of thiophene rings is 1. The van der Waals surface area contributed by atoms with E-state index in [1.165, 1.54) is 58.0 Å². The van der Waals surface area contributed by atoms with Crippen molar-refractivity contribution in [2.75, 3.05) is 0 Å². The Morgan fingerprint density at radius 2 is 1.62 bits per heavy atom. The number of rotatable bonds is 4. The van der Waals surface area contributed by atoms with Crippen molar-refractivity contribution in [3.63, 3.8) is 0 Å². The standard InChI is InChI=1S/C33H23N2OS.C5H8O2.Ir/c1-19-6-4-7-20(2)31(19)23-13-11-22(12-14-23)29-17-24-16-28(34-18-30(24)37-29)27-9-5-8-25-26-15-10-21(3)35-33(26)36-32(25)27;1-4(6)3-5(2)7;/h4-8,10-18H,1-3H3;3,6H,1-2H3;/q-1;;/b;4-3-;. The van der Waals surface area contributed by atoms with Crippen molar-refractivity contribution < 1.29 is 34.4 Å². The second-order valence-corrected chi connectivity index (χ2v) is 12.0. The van der Waals surface area contributed by atoms with Crippen molar-refractivity contribution in [3.8, 4) is 32.8 Å². The Morgan fingerprint density at radius 1 is 0.911 bits per heavy atom. The molecule has 7 heteroatoms. The minimum atomic E-state index is -0.125. The second kappa shape index (κ2) is 13.3. The maximum atomic E-state index is 10.0. The topological polar surface area (TPSA) is 76.2 Å². The Hall–Kier alpha value is -4.42. The Labute approximate surface area is 279 Å². The zero-order valence-electron chi connectivity index (χ0n) is 25.6. The fourth-order valence-electron chi connectivity index (χ4n) is 5.49. The van der Waals surface area contributed by atoms with E-state index in [1.54, 1.807) is 11.3 Å². The summed E-state index contributed by atoms with van der Waals surface area (Å²) in [7, 11) is 0. The molecule has 0 saturated carbocycles. The Balaban J connectivity index is 0.000000452. The van der Waals surface area contributed by atoms with E-state index in [0.29, 0.717) is 5.71 Å². The van der Waals surface area contributed by atoms with E-state index in [0.717, 1.165) is 38.0 Å². The van der Waals surface area contributed by atoms with Gasteiger partial charge in [0.25, 0.3) is 0 Å². The predicted molar refractivity (Wildman–Crippen MR) is 181 cm³/mol. The molecular weight excluding hydrogens is 757 g/mol. The number of hydrogen-bond donors (Lipinski definition) is 1. The Morgan fingerprint density at radius 3 is 2.29 bits per heavy atom. The number of furan rings is 1. The number of fused-ring (bicyclic) bond motifs is 4. The van der Waals surface area contributed by atoms with E-state index in [1.807, 2.05) is 31.3 Å². The van der Waals surface area contributed by atoms with Crippen molar-refractivity contribution in [2.24, 2.45) is 0 Å². The molecule has 0 atom stereocenters. The molecule has 7 aromatic rings. The van der Waals surface area contributed by atoms with Crippen LogP contribution in [0.5, 0.6) is 0 Å². The number of allylic oxidation sites excluding steroid dienone is 2. The van der Waals surface area contributed by atoms with Crippen LogP contribution in [0.3, 0.4) is 0 Å². The number of pyridine rings is 2. The first-order chi connectivity index (χ1) is 21.2. The third-order valence-corrected chi connectivity index (χ3v) is 8.58. The first kappa shape index (κ1) is 32.0. The van der Waals surface area contributed by atoms with Gasteiger partial charge in [0, 0.05) is 48.3 Å². The smallest absolute Gasteiger partial charge is 0.216 e. The zero-order valence-corrected chi connectivity index (χ0v) is 28.8. The summed E-state index contributed by atoms with van der Waals surface area (Å²) in [4.78, 5) is 20.6. The van der Waals surface area contributed by atoms with Crippen LogP contribution in [0.25, 0.3) is 65.0 Å². The molecule has 0 saturated heterocycles. The Kier molecular flexibility index (Phi) is 9.45. The van der Waals surface area contributed by atoms with Crippen LogP contribution in [0.2, 0.25) is 0 Å². The maximum Gasteiger partial charge on any atom is 0.216 e. The van der Waals surface area contributed by atoms with Gasteiger partial charge in [0.1, 0.15) is 0 Å². The second-order valence-electron chi connectivity index (χ2n) is 11.0. The summed E-state index contributed by atoms with van der Waals surface area (Å²) in [6, 6.07) is 31.2. The molecule has 0 bridgehead atoms. The average molecular weight is 788 g/mol. The molecule has 0 amide bonds. The van der Waals surface area contributed by atoms with Crippen LogP contribution < -0.4 is 0 Å². The molecule has 4 aromatic heterocycles. The quantitative estimate of drug-likeness (QED) is 0.109. The third kappa shape index (κ3) is 6.66. The summed E-state index contributed by atoms with van der Waals surface area (Å²) >= 11 is 1.77. The van der Waals surface area contributed by atoms with Gasteiger partial charge in [-0.05, 0) is 91.7 Å². The summed E-state index contributed by atoms with van der Waals surface area (Å²) < 4.78 is 7.35. The summed E-state index contributed by atoms with van der Waals surface area (Å²) in [5, 5.41) is 11.6. The van der Waals surface area contributed by atoms with Crippen LogP contribution in [0.1, 0.15) is 30.7 Å². The number of nitrogens with zero attached hydrogens (tertiary/aromatic N) is 2. The van der Waals surface area contributed by atoms with Crippen molar-refractivity contribution >= 4 is 49.3 Å². The first-order valence-electron chi connectivity index (χ1n) is 14.3. The summed E-state index contributed by atoms with van der Waals surface area (Å²) in [6.07, 6.45) is 3.13. The number of carbonyl (C=O) groups excluding carboxylic acids is 1. The third-order valence-electron chi connectivity index (χ3n) is 7.45. The number of benzene rings is 3. The molecule has 0 aliphatic rings. The fraction of sp³-hybridized carbons (Fsp3) is 0.132. The van der Waals surface area contributed by atoms with Crippen molar-refractivity contribution in [1.82, 2.24) is 9.97 Å². The molecule has 227 valence electrons. The van der Waals surface area contributed by atoms with E-state index < -0.39 is 0 Å². The normalized spacial score (nSPS) is 11.4. The molecule has 7 rings (SSSR count). The number of aryl methyl sites for hydroxylation is 3. The number of carbonyl (C=O) groups is 1. The monoisotopic (exact) mass is 788 g/mol. The Bertz CT molecular complexity index is 2190. The molecule has 0 fully saturated rings. The van der Waals surface area contributed by atoms with Crippen molar-refractivity contribution in [1.29, 1.82) is 0 Å². The molecule has 1 radical (unpaired) electrons. The van der Waals surface area contributed by atoms with Crippen molar-refractivity contribution in [3.05, 3.63) is 120 Å². The summed E-state index contributed by atoms with van der Waals surface area (Å²) in [6.45, 7) is 9.17. The molecule has 0 unspecified atom stereocenters. The molecular formula is C38H31IrN2O3S-. The fourth-order valence-corrected chi connectivity index (χ4v) is 6.51. The molecule has 5 nitrogen and oxygen atoms in total. The average Bonchev–Trinajstić information content (AvgIpc) is 3.57. The number of aromatic nitrogens is 2. The molecule has 0 aliphatic carbocycles. The summed E-state index contributed by atoms with van der Waals surface area (Å²) in [5.74, 6) is -0.0625. The molecule has 3 aromatic carbocycles. The van der Waals surface area contributed by atoms with Gasteiger partial charge >= 0.3 is 0 Å². The molecule has 45 heavy (non-hydrogen) atoms. The largest absolute Gasteiger partial charge is 0.512 e. The van der Waals surface area contributed by atoms with Gasteiger partial charge in [0.15, 0.2) is 5.78 Å². The van der Waals surface area contributed by atoms with Gasteiger partial charge in [-0.1, -0.05) is 59.5 Å². The van der Waals surface area contributed by atoms with E-state index >= 15 is 0 Å². The molecule has 0 spiro atoms. The van der Waals surface area contributed by atoms with Gasteiger partial charge in [-0.3, -0.25) is 4.79 Å². The predicted octanol–water partition coefficient (Wildman–Crippen LogP) is 10.4. The van der Waals surface area contributed by atoms with Gasteiger partial charge in [-0.2, -0.15) is 0 Å². The van der Waals surface area contributed by atoms with Gasteiger partial charge in [-0.15, -0.1) is 29.5 Å². The number of ketones is 1. The molecule has 1 N–H and O–H groups in total. The van der Waals surface area contributed by atoms with Gasteiger partial charge in [-0.25, -0.2) is 4.98 Å². The van der Waals surface area contributed by atoms with Gasteiger partial charge in [0.05, 0.1) is 16.0 Å². The maximum absolute atomic E-state index is 10.0. The molecule has 4 heterocycles. The number of aliphatic hydroxyl groups is 1. The van der Waals surface area contributed by atoms with E-state index in [4.69, 9.17) is 14.5 Å². The van der Waals surface area contributed by atoms with E-state index in [-0.39, 0.29) is 31.6 Å². The van der Waals surface area contributed by atoms with E-state index in [2.05, 4.69) is 85.6 Å². The van der Waals surface area contributed by atoms with Gasteiger partial charge in [0.2, 0.25) is 5.71 Å². The first-order valence-corrected chi connectivity index (χ1v) is 15.1. The van der Waals surface area contributed by atoms with Crippen LogP contribution in [-0.2, 0) is 24.9 Å². The molecule has 0 aliphatic heterocycles. The van der Waals surface area contributed by atoms with Crippen LogP contribution in [0.15, 0.2) is 101 Å². The van der Waals surface area contributed by atoms with Crippen molar-refractivity contribution in [2.45, 2.75) is 34.6 Å². The zero-order chi connectivity index (χ0) is 31.0. The number of hydrogen-bond acceptors (Lipinski definition) is 6. The van der Waals surface area contributed by atoms with Crippen LogP contribution >= 0.6 is 11.3 Å². The number of aliphatic hydroxyl groups excluding tert-OH is 1. The minimum absolute atomic E-state index is 0. The van der Waals surface area contributed by atoms with Crippen LogP contribution in [0.4, 0.5) is 0 Å². The van der Waals surface area contributed by atoms with Gasteiger partial charge < -0.3 is 14.5 Å². The van der Waals surface area contributed by atoms with E-state index in [9.17, 15) is 4.79 Å². The SMILES string of the molecule is CC(=O)/C=C(/C)O.Cc1ccc2c(n1)oc1c(-c3cc4cc(-c5ccc(-c6c(C)cccc6C)cc5)sc4cn3)[c-]ccc12.[Ir]. The summed E-state index contributed by atoms with van der Waals surface area (Å²) in [5.41, 5.74) is 10.5. The van der Waals surface area contributed by atoms with Crippen LogP contribution in [-0.4, -0.2) is 20.9 Å².